The van der Waals surface area contributed by atoms with Gasteiger partial charge in [0.2, 0.25) is 0 Å². The summed E-state index contributed by atoms with van der Waals surface area (Å²) >= 11 is 6.01. The maximum atomic E-state index is 9.12. The third-order valence-corrected chi connectivity index (χ3v) is 3.08. The lowest BCUT2D eigenvalue weighted by atomic mass is 9.96. The molecule has 1 aromatic heterocycles. The van der Waals surface area contributed by atoms with Gasteiger partial charge in [0.25, 0.3) is 0 Å². The molecule has 0 fully saturated rings. The topological polar surface area (TPSA) is 58.0 Å². The number of rotatable bonds is 4. The Balaban J connectivity index is 2.94. The Morgan fingerprint density at radius 3 is 2.44 bits per heavy atom. The first-order valence-corrected chi connectivity index (χ1v) is 6.54. The van der Waals surface area contributed by atoms with Crippen LogP contribution in [-0.4, -0.2) is 27.7 Å². The predicted octanol–water partition coefficient (Wildman–Crippen LogP) is 2.86. The number of nitrogens with one attached hydrogen (secondary N) is 1. The van der Waals surface area contributed by atoms with E-state index in [9.17, 15) is 0 Å². The lowest BCUT2D eigenvalue weighted by Gasteiger charge is -2.22. The normalized spacial score (nSPS) is 15.3. The largest absolute Gasteiger partial charge is 0.396 e. The molecule has 0 spiro atoms. The summed E-state index contributed by atoms with van der Waals surface area (Å²) < 4.78 is 0. The van der Waals surface area contributed by atoms with Crippen LogP contribution in [0.3, 0.4) is 0 Å². The molecule has 0 bridgehead atoms. The van der Waals surface area contributed by atoms with E-state index in [0.717, 1.165) is 0 Å². The highest BCUT2D eigenvalue weighted by Crippen LogP contribution is 2.23. The molecule has 0 amide bonds. The van der Waals surface area contributed by atoms with Crippen molar-refractivity contribution >= 4 is 17.4 Å². The lowest BCUT2D eigenvalue weighted by Crippen LogP contribution is -2.27. The second kappa shape index (κ2) is 5.85. The molecular formula is C13H22ClN3O. The minimum Gasteiger partial charge on any atom is -0.396 e. The fourth-order valence-corrected chi connectivity index (χ4v) is 1.54. The molecule has 1 rings (SSSR count). The van der Waals surface area contributed by atoms with Crippen LogP contribution in [-0.2, 0) is 5.41 Å². The van der Waals surface area contributed by atoms with E-state index in [1.807, 2.05) is 34.6 Å². The molecule has 0 radical (unpaired) electrons. The summed E-state index contributed by atoms with van der Waals surface area (Å²) in [6, 6.07) is 1.82. The first kappa shape index (κ1) is 15.2. The van der Waals surface area contributed by atoms with E-state index >= 15 is 0 Å². The monoisotopic (exact) mass is 271 g/mol. The summed E-state index contributed by atoms with van der Waals surface area (Å²) in [5, 5.41) is 12.8. The molecule has 2 unspecified atom stereocenters. The first-order valence-electron chi connectivity index (χ1n) is 6.16. The van der Waals surface area contributed by atoms with Crippen molar-refractivity contribution in [2.75, 3.05) is 11.9 Å². The van der Waals surface area contributed by atoms with Gasteiger partial charge in [-0.25, -0.2) is 9.97 Å². The van der Waals surface area contributed by atoms with Gasteiger partial charge in [0, 0.05) is 24.1 Å². The zero-order valence-corrected chi connectivity index (χ0v) is 12.4. The number of halogens is 1. The van der Waals surface area contributed by atoms with Gasteiger partial charge in [-0.2, -0.15) is 0 Å². The number of nitrogens with zero attached hydrogens (tertiary/aromatic N) is 2. The number of aliphatic hydroxyl groups is 1. The summed E-state index contributed by atoms with van der Waals surface area (Å²) in [4.78, 5) is 8.72. The van der Waals surface area contributed by atoms with E-state index in [1.54, 1.807) is 6.07 Å². The Bertz CT molecular complexity index is 404. The lowest BCUT2D eigenvalue weighted by molar-refractivity contribution is 0.226. The molecule has 0 saturated heterocycles. The smallest absolute Gasteiger partial charge is 0.137 e. The molecule has 0 aromatic carbocycles. The van der Waals surface area contributed by atoms with Crippen LogP contribution in [0.5, 0.6) is 0 Å². The second-order valence-corrected chi connectivity index (χ2v) is 6.13. The summed E-state index contributed by atoms with van der Waals surface area (Å²) in [5.41, 5.74) is -0.146. The highest BCUT2D eigenvalue weighted by Gasteiger charge is 2.20. The Morgan fingerprint density at radius 1 is 1.33 bits per heavy atom. The average Bonchev–Trinajstić information content (AvgIpc) is 2.25. The predicted molar refractivity (Wildman–Crippen MR) is 75.1 cm³/mol. The number of aliphatic hydroxyl groups excluding tert-OH is 1. The number of hydrogen-bond donors (Lipinski definition) is 2. The van der Waals surface area contributed by atoms with Crippen LogP contribution >= 0.6 is 11.6 Å². The number of hydrogen-bond acceptors (Lipinski definition) is 4. The van der Waals surface area contributed by atoms with Crippen LogP contribution in [0.4, 0.5) is 5.82 Å². The van der Waals surface area contributed by atoms with Crippen molar-refractivity contribution in [2.45, 2.75) is 46.1 Å². The molecule has 0 aliphatic heterocycles. The van der Waals surface area contributed by atoms with Crippen LogP contribution in [0.1, 0.15) is 40.4 Å². The van der Waals surface area contributed by atoms with Crippen molar-refractivity contribution in [3.05, 3.63) is 17.0 Å². The third-order valence-electron chi connectivity index (χ3n) is 2.88. The maximum Gasteiger partial charge on any atom is 0.137 e. The molecule has 2 N–H and O–H groups in total. The van der Waals surface area contributed by atoms with Crippen molar-refractivity contribution in [1.82, 2.24) is 9.97 Å². The van der Waals surface area contributed by atoms with Crippen molar-refractivity contribution < 1.29 is 5.11 Å². The molecule has 0 saturated carbocycles. The molecular weight excluding hydrogens is 250 g/mol. The minimum absolute atomic E-state index is 0.119. The average molecular weight is 272 g/mol. The van der Waals surface area contributed by atoms with Crippen LogP contribution in [0.2, 0.25) is 5.15 Å². The van der Waals surface area contributed by atoms with Crippen LogP contribution in [0, 0.1) is 5.92 Å². The zero-order chi connectivity index (χ0) is 13.9. The first-order chi connectivity index (χ1) is 8.24. The summed E-state index contributed by atoms with van der Waals surface area (Å²) in [6.45, 7) is 10.3. The molecule has 1 heterocycles. The Hall–Kier alpha value is -0.870. The van der Waals surface area contributed by atoms with Crippen molar-refractivity contribution in [3.63, 3.8) is 0 Å². The van der Waals surface area contributed by atoms with Gasteiger partial charge in [-0.3, -0.25) is 0 Å². The second-order valence-electron chi connectivity index (χ2n) is 5.74. The van der Waals surface area contributed by atoms with Gasteiger partial charge in [0.05, 0.1) is 0 Å². The van der Waals surface area contributed by atoms with Crippen LogP contribution in [0.15, 0.2) is 6.07 Å². The minimum atomic E-state index is -0.146. The molecule has 18 heavy (non-hydrogen) atoms. The van der Waals surface area contributed by atoms with Gasteiger partial charge in [-0.1, -0.05) is 39.3 Å². The van der Waals surface area contributed by atoms with Crippen LogP contribution in [0.25, 0.3) is 0 Å². The summed E-state index contributed by atoms with van der Waals surface area (Å²) in [5.74, 6) is 1.56. The fourth-order valence-electron chi connectivity index (χ4n) is 1.36. The molecule has 4 nitrogen and oxygen atoms in total. The van der Waals surface area contributed by atoms with Crippen molar-refractivity contribution in [2.24, 2.45) is 5.92 Å². The van der Waals surface area contributed by atoms with Crippen LogP contribution < -0.4 is 5.32 Å². The number of anilines is 1. The van der Waals surface area contributed by atoms with E-state index in [2.05, 4.69) is 15.3 Å². The van der Waals surface area contributed by atoms with E-state index in [1.165, 1.54) is 0 Å². The quantitative estimate of drug-likeness (QED) is 0.827. The highest BCUT2D eigenvalue weighted by atomic mass is 35.5. The van der Waals surface area contributed by atoms with Crippen molar-refractivity contribution in [1.29, 1.82) is 0 Å². The van der Waals surface area contributed by atoms with Gasteiger partial charge < -0.3 is 10.4 Å². The molecule has 2 atom stereocenters. The van der Waals surface area contributed by atoms with E-state index in [-0.39, 0.29) is 24.0 Å². The Kier molecular flexibility index (Phi) is 4.93. The van der Waals surface area contributed by atoms with E-state index < -0.39 is 0 Å². The third kappa shape index (κ3) is 4.10. The van der Waals surface area contributed by atoms with Gasteiger partial charge in [0.15, 0.2) is 0 Å². The van der Waals surface area contributed by atoms with E-state index in [0.29, 0.717) is 16.8 Å². The number of aromatic nitrogens is 2. The Morgan fingerprint density at radius 2 is 1.94 bits per heavy atom. The molecule has 0 aliphatic rings. The van der Waals surface area contributed by atoms with Gasteiger partial charge in [-0.05, 0) is 12.8 Å². The van der Waals surface area contributed by atoms with Crippen molar-refractivity contribution in [3.8, 4) is 0 Å². The summed E-state index contributed by atoms with van der Waals surface area (Å²) in [7, 11) is 0. The highest BCUT2D eigenvalue weighted by molar-refractivity contribution is 6.29. The fraction of sp³-hybridized carbons (Fsp3) is 0.692. The SMILES string of the molecule is CC(CO)C(C)Nc1cc(Cl)nc(C(C)(C)C)n1. The molecule has 0 aliphatic carbocycles. The maximum absolute atomic E-state index is 9.12. The zero-order valence-electron chi connectivity index (χ0n) is 11.7. The molecule has 5 heteroatoms. The van der Waals surface area contributed by atoms with Gasteiger partial charge in [-0.15, -0.1) is 0 Å². The molecule has 102 valence electrons. The standard InChI is InChI=1S/C13H22ClN3O/c1-8(7-18)9(2)15-11-6-10(14)16-12(17-11)13(3,4)5/h6,8-9,18H,7H2,1-5H3,(H,15,16,17). The van der Waals surface area contributed by atoms with Gasteiger partial charge >= 0.3 is 0 Å². The van der Waals surface area contributed by atoms with Gasteiger partial charge in [0.1, 0.15) is 16.8 Å². The van der Waals surface area contributed by atoms with E-state index in [4.69, 9.17) is 16.7 Å². The summed E-state index contributed by atoms with van der Waals surface area (Å²) in [6.07, 6.45) is 0. The Labute approximate surface area is 114 Å². The molecule has 1 aromatic rings.